The lowest BCUT2D eigenvalue weighted by Crippen LogP contribution is -2.36. The molecular weight excluding hydrogens is 442 g/mol. The molecule has 6 nitrogen and oxygen atoms in total. The van der Waals surface area contributed by atoms with Crippen LogP contribution in [0.3, 0.4) is 0 Å². The molecule has 1 amide bonds. The molecule has 1 aromatic heterocycles. The average Bonchev–Trinajstić information content (AvgIpc) is 2.78. The standard InChI is InChI=1S/C22H15Cl2FN4O2/c23-5-1-2-21(30)29-6-7-31-20-10-18-15(9-19(20)29)22(13(11-26)12-27-18)28-14-3-4-17(25)16(24)8-14/h1-4,8-10,12H,5-7H2,(H,27,28). The van der Waals surface area contributed by atoms with E-state index in [0.717, 1.165) is 0 Å². The summed E-state index contributed by atoms with van der Waals surface area (Å²) in [5.74, 6) is -0.0319. The van der Waals surface area contributed by atoms with Gasteiger partial charge in [0.05, 0.1) is 34.0 Å². The predicted molar refractivity (Wildman–Crippen MR) is 119 cm³/mol. The number of alkyl halides is 1. The molecule has 31 heavy (non-hydrogen) atoms. The molecule has 1 aliphatic rings. The largest absolute Gasteiger partial charge is 0.489 e. The molecule has 2 heterocycles. The van der Waals surface area contributed by atoms with Crippen LogP contribution in [0.25, 0.3) is 10.9 Å². The molecule has 0 spiro atoms. The number of ether oxygens (including phenoxy) is 1. The number of allylic oxidation sites excluding steroid dienone is 1. The summed E-state index contributed by atoms with van der Waals surface area (Å²) in [6, 6.07) is 9.76. The SMILES string of the molecule is N#Cc1cnc2cc3c(cc2c1Nc1ccc(F)c(Cl)c1)N(C(=O)C=CCCl)CCO3. The monoisotopic (exact) mass is 456 g/mol. The summed E-state index contributed by atoms with van der Waals surface area (Å²) in [6.07, 6.45) is 4.42. The van der Waals surface area contributed by atoms with Crippen LogP contribution >= 0.6 is 23.2 Å². The number of halogens is 3. The first kappa shape index (κ1) is 20.9. The Bertz CT molecular complexity index is 1260. The molecule has 0 aliphatic carbocycles. The van der Waals surface area contributed by atoms with Gasteiger partial charge in [-0.1, -0.05) is 17.7 Å². The maximum Gasteiger partial charge on any atom is 0.250 e. The number of nitrogens with one attached hydrogen (secondary N) is 1. The highest BCUT2D eigenvalue weighted by molar-refractivity contribution is 6.31. The van der Waals surface area contributed by atoms with Crippen molar-refractivity contribution in [2.24, 2.45) is 0 Å². The summed E-state index contributed by atoms with van der Waals surface area (Å²) in [5.41, 5.74) is 2.37. The third-order valence-corrected chi connectivity index (χ3v) is 5.20. The number of rotatable bonds is 4. The van der Waals surface area contributed by atoms with Gasteiger partial charge in [0.2, 0.25) is 0 Å². The number of carbonyl (C=O) groups is 1. The van der Waals surface area contributed by atoms with Crippen molar-refractivity contribution < 1.29 is 13.9 Å². The van der Waals surface area contributed by atoms with E-state index in [2.05, 4.69) is 16.4 Å². The van der Waals surface area contributed by atoms with Gasteiger partial charge in [0.15, 0.2) is 0 Å². The van der Waals surface area contributed by atoms with E-state index >= 15 is 0 Å². The van der Waals surface area contributed by atoms with Gasteiger partial charge in [-0.15, -0.1) is 11.6 Å². The number of nitriles is 1. The van der Waals surface area contributed by atoms with E-state index in [4.69, 9.17) is 27.9 Å². The molecule has 1 aliphatic heterocycles. The number of hydrogen-bond donors (Lipinski definition) is 1. The van der Waals surface area contributed by atoms with Crippen molar-refractivity contribution in [1.82, 2.24) is 4.98 Å². The van der Waals surface area contributed by atoms with Crippen LogP contribution in [-0.4, -0.2) is 29.9 Å². The summed E-state index contributed by atoms with van der Waals surface area (Å²) in [6.45, 7) is 0.708. The molecule has 4 rings (SSSR count). The van der Waals surface area contributed by atoms with Crippen LogP contribution in [0.4, 0.5) is 21.5 Å². The van der Waals surface area contributed by atoms with E-state index in [1.165, 1.54) is 30.5 Å². The normalized spacial score (nSPS) is 13.0. The van der Waals surface area contributed by atoms with Crippen molar-refractivity contribution >= 4 is 57.1 Å². The third-order valence-electron chi connectivity index (χ3n) is 4.74. The first-order valence-electron chi connectivity index (χ1n) is 9.27. The molecule has 0 atom stereocenters. The highest BCUT2D eigenvalue weighted by Crippen LogP contribution is 2.39. The van der Waals surface area contributed by atoms with Gasteiger partial charge in [-0.05, 0) is 24.3 Å². The molecule has 1 N–H and O–H groups in total. The van der Waals surface area contributed by atoms with Gasteiger partial charge in [-0.2, -0.15) is 5.26 Å². The van der Waals surface area contributed by atoms with Crippen molar-refractivity contribution in [1.29, 1.82) is 5.26 Å². The van der Waals surface area contributed by atoms with Crippen molar-refractivity contribution in [3.63, 3.8) is 0 Å². The lowest BCUT2D eigenvalue weighted by atomic mass is 10.1. The summed E-state index contributed by atoms with van der Waals surface area (Å²) < 4.78 is 19.3. The number of benzene rings is 2. The zero-order chi connectivity index (χ0) is 22.0. The third kappa shape index (κ3) is 4.13. The van der Waals surface area contributed by atoms with Gasteiger partial charge in [-0.25, -0.2) is 4.39 Å². The number of carbonyl (C=O) groups excluding carboxylic acids is 1. The van der Waals surface area contributed by atoms with E-state index in [-0.39, 0.29) is 22.4 Å². The summed E-state index contributed by atoms with van der Waals surface area (Å²) in [4.78, 5) is 18.5. The predicted octanol–water partition coefficient (Wildman–Crippen LogP) is 5.16. The molecule has 156 valence electrons. The highest BCUT2D eigenvalue weighted by atomic mass is 35.5. The Hall–Kier alpha value is -3.34. The molecule has 0 bridgehead atoms. The molecule has 0 unspecified atom stereocenters. The second-order valence-electron chi connectivity index (χ2n) is 6.64. The van der Waals surface area contributed by atoms with E-state index in [0.29, 0.717) is 46.9 Å². The fourth-order valence-corrected chi connectivity index (χ4v) is 3.57. The topological polar surface area (TPSA) is 78.3 Å². The smallest absolute Gasteiger partial charge is 0.250 e. The Morgan fingerprint density at radius 3 is 2.97 bits per heavy atom. The summed E-state index contributed by atoms with van der Waals surface area (Å²) in [5, 5.41) is 13.3. The van der Waals surface area contributed by atoms with E-state index < -0.39 is 5.82 Å². The number of aromatic nitrogens is 1. The van der Waals surface area contributed by atoms with Crippen LogP contribution in [0, 0.1) is 17.1 Å². The lowest BCUT2D eigenvalue weighted by molar-refractivity contribution is -0.114. The Kier molecular flexibility index (Phi) is 5.94. The highest BCUT2D eigenvalue weighted by Gasteiger charge is 2.24. The van der Waals surface area contributed by atoms with Gasteiger partial charge < -0.3 is 15.0 Å². The van der Waals surface area contributed by atoms with Crippen LogP contribution in [0.15, 0.2) is 48.7 Å². The van der Waals surface area contributed by atoms with Crippen LogP contribution in [-0.2, 0) is 4.79 Å². The second-order valence-corrected chi connectivity index (χ2v) is 7.36. The fraction of sp³-hybridized carbons (Fsp3) is 0.136. The van der Waals surface area contributed by atoms with Crippen molar-refractivity contribution in [2.45, 2.75) is 0 Å². The van der Waals surface area contributed by atoms with E-state index in [9.17, 15) is 14.4 Å². The fourth-order valence-electron chi connectivity index (χ4n) is 3.30. The molecule has 0 saturated carbocycles. The van der Waals surface area contributed by atoms with E-state index in [1.54, 1.807) is 23.1 Å². The minimum Gasteiger partial charge on any atom is -0.489 e. The Morgan fingerprint density at radius 2 is 2.23 bits per heavy atom. The van der Waals surface area contributed by atoms with Gasteiger partial charge in [0, 0.05) is 35.3 Å². The van der Waals surface area contributed by atoms with Crippen LogP contribution in [0.2, 0.25) is 5.02 Å². The number of amides is 1. The van der Waals surface area contributed by atoms with Crippen molar-refractivity contribution in [3.8, 4) is 11.8 Å². The lowest BCUT2D eigenvalue weighted by Gasteiger charge is -2.29. The van der Waals surface area contributed by atoms with Gasteiger partial charge in [0.25, 0.3) is 5.91 Å². The molecule has 3 aromatic rings. The maximum atomic E-state index is 13.5. The Morgan fingerprint density at radius 1 is 1.39 bits per heavy atom. The van der Waals surface area contributed by atoms with Gasteiger partial charge >= 0.3 is 0 Å². The number of anilines is 3. The summed E-state index contributed by atoms with van der Waals surface area (Å²) in [7, 11) is 0. The van der Waals surface area contributed by atoms with Gasteiger partial charge in [0.1, 0.15) is 24.2 Å². The number of hydrogen-bond acceptors (Lipinski definition) is 5. The van der Waals surface area contributed by atoms with E-state index in [1.807, 2.05) is 0 Å². The molecule has 0 radical (unpaired) electrons. The first-order chi connectivity index (χ1) is 15.0. The molecular formula is C22H15Cl2FN4O2. The summed E-state index contributed by atoms with van der Waals surface area (Å²) >= 11 is 11.5. The van der Waals surface area contributed by atoms with Crippen LogP contribution in [0.5, 0.6) is 5.75 Å². The maximum absolute atomic E-state index is 13.5. The van der Waals surface area contributed by atoms with Gasteiger partial charge in [-0.3, -0.25) is 9.78 Å². The second kappa shape index (κ2) is 8.80. The van der Waals surface area contributed by atoms with Crippen molar-refractivity contribution in [3.05, 3.63) is 65.1 Å². The quantitative estimate of drug-likeness (QED) is 0.433. The molecule has 9 heteroatoms. The number of nitrogens with zero attached hydrogens (tertiary/aromatic N) is 3. The minimum atomic E-state index is -0.544. The minimum absolute atomic E-state index is 0.0458. The van der Waals surface area contributed by atoms with Crippen LogP contribution < -0.4 is 15.0 Å². The average molecular weight is 457 g/mol. The molecule has 0 saturated heterocycles. The number of fused-ring (bicyclic) bond motifs is 2. The van der Waals surface area contributed by atoms with Crippen molar-refractivity contribution in [2.75, 3.05) is 29.2 Å². The Labute approximate surface area is 187 Å². The zero-order valence-corrected chi connectivity index (χ0v) is 17.5. The number of pyridine rings is 1. The molecule has 2 aromatic carbocycles. The Balaban J connectivity index is 1.85. The first-order valence-corrected chi connectivity index (χ1v) is 10.2. The molecule has 0 fully saturated rings. The van der Waals surface area contributed by atoms with Crippen LogP contribution in [0.1, 0.15) is 5.56 Å². The zero-order valence-electron chi connectivity index (χ0n) is 16.0.